The Labute approximate surface area is 149 Å². The van der Waals surface area contributed by atoms with Crippen molar-refractivity contribution in [2.75, 3.05) is 5.75 Å². The van der Waals surface area contributed by atoms with Crippen molar-refractivity contribution in [1.82, 2.24) is 10.6 Å². The molecule has 2 amide bonds. The smallest absolute Gasteiger partial charge is 0.327 e. The summed E-state index contributed by atoms with van der Waals surface area (Å²) in [6, 6.07) is -1.31. The van der Waals surface area contributed by atoms with Gasteiger partial charge in [-0.25, -0.2) is 4.79 Å². The molecular formula is C15H24N2O7S. The number of hydrogen-bond donors (Lipinski definition) is 5. The number of carboxylic acid groups (broad SMARTS) is 1. The first kappa shape index (κ1) is 21.4. The van der Waals surface area contributed by atoms with Crippen LogP contribution in [-0.4, -0.2) is 67.8 Å². The molecule has 0 bridgehead atoms. The molecule has 25 heavy (non-hydrogen) atoms. The number of aliphatic hydroxyl groups excluding tert-OH is 2. The second kappa shape index (κ2) is 8.15. The first-order valence-corrected chi connectivity index (χ1v) is 8.79. The van der Waals surface area contributed by atoms with Gasteiger partial charge in [0.15, 0.2) is 5.54 Å². The van der Waals surface area contributed by atoms with E-state index in [1.54, 1.807) is 13.8 Å². The quantitative estimate of drug-likeness (QED) is 0.368. The molecule has 0 radical (unpaired) electrons. The third-order valence-electron chi connectivity index (χ3n) is 4.18. The molecule has 0 spiro atoms. The van der Waals surface area contributed by atoms with E-state index in [-0.39, 0.29) is 5.75 Å². The number of carboxylic acids is 1. The summed E-state index contributed by atoms with van der Waals surface area (Å²) in [4.78, 5) is 46.9. The van der Waals surface area contributed by atoms with E-state index in [0.717, 1.165) is 6.92 Å². The first-order valence-electron chi connectivity index (χ1n) is 7.80. The van der Waals surface area contributed by atoms with Gasteiger partial charge in [-0.3, -0.25) is 14.4 Å². The lowest BCUT2D eigenvalue weighted by molar-refractivity contribution is -0.140. The molecule has 1 saturated heterocycles. The molecule has 1 aliphatic rings. The highest BCUT2D eigenvalue weighted by Gasteiger charge is 2.60. The van der Waals surface area contributed by atoms with Crippen molar-refractivity contribution in [3.63, 3.8) is 0 Å². The minimum absolute atomic E-state index is 0.308. The molecule has 0 aromatic rings. The molecule has 0 aromatic heterocycles. The van der Waals surface area contributed by atoms with Crippen LogP contribution < -0.4 is 10.6 Å². The zero-order valence-electron chi connectivity index (χ0n) is 14.5. The predicted octanol–water partition coefficient (Wildman–Crippen LogP) is -1.28. The summed E-state index contributed by atoms with van der Waals surface area (Å²) < 4.78 is 0. The Kier molecular flexibility index (Phi) is 6.98. The van der Waals surface area contributed by atoms with E-state index < -0.39 is 58.5 Å². The topological polar surface area (TPSA) is 153 Å². The third kappa shape index (κ3) is 4.31. The molecule has 1 heterocycles. The normalized spacial score (nSPS) is 28.4. The van der Waals surface area contributed by atoms with Crippen molar-refractivity contribution < 1.29 is 34.5 Å². The lowest BCUT2D eigenvalue weighted by Crippen LogP contribution is -2.64. The Morgan fingerprint density at radius 1 is 1.36 bits per heavy atom. The number of aliphatic carboxylic acids is 1. The average Bonchev–Trinajstić information content (AvgIpc) is 2.74. The van der Waals surface area contributed by atoms with Crippen LogP contribution in [0.2, 0.25) is 0 Å². The van der Waals surface area contributed by atoms with Gasteiger partial charge in [0, 0.05) is 12.7 Å². The maximum Gasteiger partial charge on any atom is 0.327 e. The van der Waals surface area contributed by atoms with Crippen LogP contribution in [0.4, 0.5) is 0 Å². The van der Waals surface area contributed by atoms with E-state index in [2.05, 4.69) is 10.6 Å². The second-order valence-electron chi connectivity index (χ2n) is 6.47. The van der Waals surface area contributed by atoms with Crippen molar-refractivity contribution in [2.24, 2.45) is 11.8 Å². The van der Waals surface area contributed by atoms with E-state index >= 15 is 0 Å². The van der Waals surface area contributed by atoms with Gasteiger partial charge in [0.2, 0.25) is 16.9 Å². The summed E-state index contributed by atoms with van der Waals surface area (Å²) in [6.45, 7) is 5.84. The van der Waals surface area contributed by atoms with Gasteiger partial charge in [-0.15, -0.1) is 0 Å². The highest BCUT2D eigenvalue weighted by atomic mass is 32.2. The summed E-state index contributed by atoms with van der Waals surface area (Å²) >= 11 is 0.535. The zero-order chi connectivity index (χ0) is 19.5. The van der Waals surface area contributed by atoms with Crippen LogP contribution in [0.3, 0.4) is 0 Å². The molecule has 0 aromatic carbocycles. The maximum atomic E-state index is 12.8. The molecule has 1 aliphatic heterocycles. The van der Waals surface area contributed by atoms with Gasteiger partial charge in [0.1, 0.15) is 6.04 Å². The minimum atomic E-state index is -1.92. The van der Waals surface area contributed by atoms with Crippen molar-refractivity contribution in [2.45, 2.75) is 51.5 Å². The van der Waals surface area contributed by atoms with Crippen molar-refractivity contribution >= 4 is 34.7 Å². The molecule has 0 aliphatic carbocycles. The van der Waals surface area contributed by atoms with Crippen LogP contribution in [-0.2, 0) is 19.2 Å². The molecular weight excluding hydrogens is 352 g/mol. The van der Waals surface area contributed by atoms with E-state index in [4.69, 9.17) is 5.11 Å². The number of aliphatic hydroxyl groups is 2. The van der Waals surface area contributed by atoms with Crippen molar-refractivity contribution in [1.29, 1.82) is 0 Å². The molecule has 0 unspecified atom stereocenters. The SMILES string of the molecule is CC(=O)N[C@H](CSC(=O)[C@]1([C@H](O)C(C)C)NC(=O)[C@H](C)[C@@H]1O)C(=O)O. The summed E-state index contributed by atoms with van der Waals surface area (Å²) in [5.41, 5.74) is -1.92. The predicted molar refractivity (Wildman–Crippen MR) is 89.6 cm³/mol. The van der Waals surface area contributed by atoms with Gasteiger partial charge in [0.05, 0.1) is 18.1 Å². The number of nitrogens with one attached hydrogen (secondary N) is 2. The van der Waals surface area contributed by atoms with E-state index in [9.17, 15) is 29.4 Å². The third-order valence-corrected chi connectivity index (χ3v) is 5.28. The largest absolute Gasteiger partial charge is 0.480 e. The van der Waals surface area contributed by atoms with Crippen LogP contribution in [0.25, 0.3) is 0 Å². The van der Waals surface area contributed by atoms with Gasteiger partial charge in [0.25, 0.3) is 0 Å². The maximum absolute atomic E-state index is 12.8. The van der Waals surface area contributed by atoms with Crippen LogP contribution in [0, 0.1) is 11.8 Å². The fraction of sp³-hybridized carbons (Fsp3) is 0.733. The fourth-order valence-corrected chi connectivity index (χ4v) is 3.77. The molecule has 5 N–H and O–H groups in total. The zero-order valence-corrected chi connectivity index (χ0v) is 15.3. The van der Waals surface area contributed by atoms with Gasteiger partial charge >= 0.3 is 5.97 Å². The summed E-state index contributed by atoms with van der Waals surface area (Å²) in [5, 5.41) is 33.8. The lowest BCUT2D eigenvalue weighted by Gasteiger charge is -2.37. The Hall–Kier alpha value is -1.65. The number of amides is 2. The van der Waals surface area contributed by atoms with E-state index in [1.807, 2.05) is 0 Å². The number of carbonyl (C=O) groups is 4. The van der Waals surface area contributed by atoms with Gasteiger partial charge < -0.3 is 26.0 Å². The summed E-state index contributed by atoms with van der Waals surface area (Å²) in [5.74, 6) is -4.12. The summed E-state index contributed by atoms with van der Waals surface area (Å²) in [7, 11) is 0. The van der Waals surface area contributed by atoms with Gasteiger partial charge in [-0.1, -0.05) is 32.5 Å². The van der Waals surface area contributed by atoms with Crippen LogP contribution in [0.5, 0.6) is 0 Å². The molecule has 10 heteroatoms. The van der Waals surface area contributed by atoms with Crippen LogP contribution in [0.15, 0.2) is 0 Å². The van der Waals surface area contributed by atoms with Gasteiger partial charge in [-0.2, -0.15) is 0 Å². The number of hydrogen-bond acceptors (Lipinski definition) is 7. The average molecular weight is 376 g/mol. The molecule has 9 nitrogen and oxygen atoms in total. The standard InChI is InChI=1S/C15H24N2O7S/c1-6(2)10(19)15(11(20)7(3)12(21)17-15)14(24)25-5-9(13(22)23)16-8(4)18/h6-7,9-11,19-20H,5H2,1-4H3,(H,16,18)(H,17,21)(H,22,23)/t7-,9-,10-,11+,15-/m1/s1. The van der Waals surface area contributed by atoms with Crippen molar-refractivity contribution in [3.8, 4) is 0 Å². The first-order chi connectivity index (χ1) is 11.4. The van der Waals surface area contributed by atoms with Crippen LogP contribution in [0.1, 0.15) is 27.7 Å². The lowest BCUT2D eigenvalue weighted by atomic mass is 9.81. The van der Waals surface area contributed by atoms with E-state index in [0.29, 0.717) is 11.8 Å². The molecule has 1 fully saturated rings. The molecule has 1 rings (SSSR count). The Morgan fingerprint density at radius 3 is 2.28 bits per heavy atom. The highest BCUT2D eigenvalue weighted by Crippen LogP contribution is 2.36. The Bertz CT molecular complexity index is 568. The number of thioether (sulfide) groups is 1. The van der Waals surface area contributed by atoms with Crippen LogP contribution >= 0.6 is 11.8 Å². The Morgan fingerprint density at radius 2 is 1.92 bits per heavy atom. The fourth-order valence-electron chi connectivity index (χ4n) is 2.70. The monoisotopic (exact) mass is 376 g/mol. The molecule has 0 saturated carbocycles. The van der Waals surface area contributed by atoms with Gasteiger partial charge in [-0.05, 0) is 5.92 Å². The van der Waals surface area contributed by atoms with E-state index in [1.165, 1.54) is 6.92 Å². The number of carbonyl (C=O) groups excluding carboxylic acids is 3. The molecule has 142 valence electrons. The Balaban J connectivity index is 3.04. The highest BCUT2D eigenvalue weighted by molar-refractivity contribution is 8.13. The minimum Gasteiger partial charge on any atom is -0.480 e. The second-order valence-corrected chi connectivity index (χ2v) is 7.46. The van der Waals surface area contributed by atoms with Crippen molar-refractivity contribution in [3.05, 3.63) is 0 Å². The molecule has 5 atom stereocenters. The summed E-state index contributed by atoms with van der Waals surface area (Å²) in [6.07, 6.45) is -2.82. The number of rotatable bonds is 7.